The normalized spacial score (nSPS) is 9.07. The minimum absolute atomic E-state index is 0. The van der Waals surface area contributed by atoms with Gasteiger partial charge in [-0.15, -0.1) is 0 Å². The SMILES string of the molecule is COc1ccc2[nH]cc([CH-]C#N)c2c1.[Na+]. The smallest absolute Gasteiger partial charge is 0.498 e. The van der Waals surface area contributed by atoms with Crippen LogP contribution in [0, 0.1) is 17.8 Å². The largest absolute Gasteiger partial charge is 1.00 e. The standard InChI is InChI=1S/C11H9N2O.Na/c1-14-9-2-3-11-10(6-9)8(4-5-12)7-13-11;/h2-4,6-7,13H,1H3;/q-1;+1. The van der Waals surface area contributed by atoms with Crippen LogP contribution in [0.15, 0.2) is 24.4 Å². The number of fused-ring (bicyclic) bond motifs is 1. The summed E-state index contributed by atoms with van der Waals surface area (Å²) >= 11 is 0. The number of nitrogens with one attached hydrogen (secondary N) is 1. The third kappa shape index (κ3) is 2.29. The number of aromatic nitrogens is 1. The molecule has 0 aliphatic carbocycles. The first-order chi connectivity index (χ1) is 6.85. The second-order valence-electron chi connectivity index (χ2n) is 2.93. The summed E-state index contributed by atoms with van der Waals surface area (Å²) in [5.74, 6) is 0.796. The van der Waals surface area contributed by atoms with Gasteiger partial charge in [0.25, 0.3) is 0 Å². The molecule has 0 aliphatic rings. The van der Waals surface area contributed by atoms with E-state index in [0.717, 1.165) is 22.2 Å². The summed E-state index contributed by atoms with van der Waals surface area (Å²) in [6.07, 6.45) is 3.32. The molecule has 1 heterocycles. The molecule has 0 atom stereocenters. The van der Waals surface area contributed by atoms with E-state index < -0.39 is 0 Å². The fourth-order valence-corrected chi connectivity index (χ4v) is 1.44. The predicted octanol–water partition coefficient (Wildman–Crippen LogP) is -0.744. The zero-order valence-electron chi connectivity index (χ0n) is 8.74. The topological polar surface area (TPSA) is 48.8 Å². The quantitative estimate of drug-likeness (QED) is 0.522. The number of ether oxygens (including phenoxy) is 1. The predicted molar refractivity (Wildman–Crippen MR) is 53.9 cm³/mol. The molecule has 0 bridgehead atoms. The van der Waals surface area contributed by atoms with Crippen molar-refractivity contribution in [1.82, 2.24) is 4.98 Å². The first-order valence-electron chi connectivity index (χ1n) is 4.23. The van der Waals surface area contributed by atoms with Crippen molar-refractivity contribution in [2.45, 2.75) is 0 Å². The van der Waals surface area contributed by atoms with Crippen molar-refractivity contribution in [2.24, 2.45) is 0 Å². The number of benzene rings is 1. The van der Waals surface area contributed by atoms with Crippen molar-refractivity contribution in [1.29, 1.82) is 5.26 Å². The number of rotatable bonds is 2. The van der Waals surface area contributed by atoms with Gasteiger partial charge < -0.3 is 9.72 Å². The maximum absolute atomic E-state index is 8.57. The van der Waals surface area contributed by atoms with Crippen molar-refractivity contribution in [3.8, 4) is 11.8 Å². The molecule has 0 saturated heterocycles. The first-order valence-corrected chi connectivity index (χ1v) is 4.23. The molecule has 2 rings (SSSR count). The van der Waals surface area contributed by atoms with E-state index in [0.29, 0.717) is 0 Å². The fraction of sp³-hybridized carbons (Fsp3) is 0.0909. The van der Waals surface area contributed by atoms with E-state index in [4.69, 9.17) is 10.00 Å². The van der Waals surface area contributed by atoms with Gasteiger partial charge in [-0.1, -0.05) is 24.1 Å². The van der Waals surface area contributed by atoms with Gasteiger partial charge in [0, 0.05) is 6.07 Å². The molecule has 70 valence electrons. The summed E-state index contributed by atoms with van der Waals surface area (Å²) in [5.41, 5.74) is 1.90. The minimum atomic E-state index is 0. The van der Waals surface area contributed by atoms with Gasteiger partial charge in [0.1, 0.15) is 5.75 Å². The van der Waals surface area contributed by atoms with E-state index in [1.807, 2.05) is 30.5 Å². The number of hydrogen-bond donors (Lipinski definition) is 1. The molecule has 0 fully saturated rings. The van der Waals surface area contributed by atoms with Crippen LogP contribution in [0.25, 0.3) is 10.9 Å². The molecule has 0 unspecified atom stereocenters. The van der Waals surface area contributed by atoms with Crippen LogP contribution in [0.1, 0.15) is 5.56 Å². The maximum atomic E-state index is 8.57. The Morgan fingerprint density at radius 3 is 2.93 bits per heavy atom. The van der Waals surface area contributed by atoms with Crippen LogP contribution < -0.4 is 34.3 Å². The van der Waals surface area contributed by atoms with Crippen LogP contribution >= 0.6 is 0 Å². The summed E-state index contributed by atoms with van der Waals surface area (Å²) < 4.78 is 5.11. The fourth-order valence-electron chi connectivity index (χ4n) is 1.44. The average molecular weight is 208 g/mol. The molecule has 0 aliphatic heterocycles. The number of nitriles is 1. The third-order valence-corrected chi connectivity index (χ3v) is 2.14. The summed E-state index contributed by atoms with van der Waals surface area (Å²) in [4.78, 5) is 3.09. The van der Waals surface area contributed by atoms with Gasteiger partial charge in [0.2, 0.25) is 0 Å². The van der Waals surface area contributed by atoms with E-state index in [1.54, 1.807) is 7.11 Å². The molecule has 1 aromatic carbocycles. The molecule has 0 radical (unpaired) electrons. The Labute approximate surface area is 110 Å². The second kappa shape index (κ2) is 5.13. The minimum Gasteiger partial charge on any atom is -0.498 e. The molecular formula is C11H9N2NaO. The van der Waals surface area contributed by atoms with Crippen LogP contribution in [-0.2, 0) is 0 Å². The molecule has 2 aromatic rings. The van der Waals surface area contributed by atoms with Gasteiger partial charge >= 0.3 is 29.6 Å². The Balaban J connectivity index is 0.00000112. The number of H-pyrrole nitrogens is 1. The molecule has 1 aromatic heterocycles. The number of hydrogen-bond acceptors (Lipinski definition) is 2. The molecule has 4 heteroatoms. The maximum Gasteiger partial charge on any atom is 1.00 e. The number of nitrogens with zero attached hydrogens (tertiary/aromatic N) is 1. The van der Waals surface area contributed by atoms with Crippen molar-refractivity contribution in [2.75, 3.05) is 7.11 Å². The summed E-state index contributed by atoms with van der Waals surface area (Å²) in [6.45, 7) is 0. The van der Waals surface area contributed by atoms with Crippen molar-refractivity contribution in [3.05, 3.63) is 36.4 Å². The van der Waals surface area contributed by atoms with E-state index in [9.17, 15) is 0 Å². The molecular weight excluding hydrogens is 199 g/mol. The van der Waals surface area contributed by atoms with Gasteiger partial charge in [-0.2, -0.15) is 5.56 Å². The van der Waals surface area contributed by atoms with Crippen LogP contribution in [0.2, 0.25) is 0 Å². The zero-order chi connectivity index (χ0) is 9.97. The Bertz CT molecular complexity index is 499. The van der Waals surface area contributed by atoms with Crippen LogP contribution in [0.5, 0.6) is 5.75 Å². The first kappa shape index (κ1) is 12.0. The van der Waals surface area contributed by atoms with Gasteiger partial charge in [0.15, 0.2) is 0 Å². The second-order valence-corrected chi connectivity index (χ2v) is 2.93. The van der Waals surface area contributed by atoms with E-state index >= 15 is 0 Å². The van der Waals surface area contributed by atoms with Gasteiger partial charge in [-0.25, -0.2) is 5.26 Å². The summed E-state index contributed by atoms with van der Waals surface area (Å²) in [7, 11) is 1.63. The zero-order valence-corrected chi connectivity index (χ0v) is 10.7. The third-order valence-electron chi connectivity index (χ3n) is 2.14. The van der Waals surface area contributed by atoms with Gasteiger partial charge in [-0.05, 0) is 17.6 Å². The molecule has 0 spiro atoms. The van der Waals surface area contributed by atoms with Crippen LogP contribution in [0.4, 0.5) is 0 Å². The summed E-state index contributed by atoms with van der Waals surface area (Å²) in [5, 5.41) is 9.58. The van der Waals surface area contributed by atoms with Gasteiger partial charge in [-0.3, -0.25) is 0 Å². The summed E-state index contributed by atoms with van der Waals surface area (Å²) in [6, 6.07) is 7.74. The monoisotopic (exact) mass is 208 g/mol. The number of methoxy groups -OCH3 is 1. The van der Waals surface area contributed by atoms with Gasteiger partial charge in [0.05, 0.1) is 7.11 Å². The molecule has 0 saturated carbocycles. The Morgan fingerprint density at radius 2 is 2.27 bits per heavy atom. The number of aromatic amines is 1. The molecule has 1 N–H and O–H groups in total. The Kier molecular flexibility index (Phi) is 4.10. The van der Waals surface area contributed by atoms with E-state index in [-0.39, 0.29) is 29.6 Å². The Morgan fingerprint density at radius 1 is 1.47 bits per heavy atom. The molecule has 15 heavy (non-hydrogen) atoms. The van der Waals surface area contributed by atoms with E-state index in [2.05, 4.69) is 4.98 Å². The van der Waals surface area contributed by atoms with Crippen LogP contribution in [-0.4, -0.2) is 12.1 Å². The van der Waals surface area contributed by atoms with E-state index in [1.165, 1.54) is 6.42 Å². The van der Waals surface area contributed by atoms with Crippen molar-refractivity contribution < 1.29 is 34.3 Å². The van der Waals surface area contributed by atoms with Crippen molar-refractivity contribution in [3.63, 3.8) is 0 Å². The van der Waals surface area contributed by atoms with Crippen molar-refractivity contribution >= 4 is 10.9 Å². The molecule has 0 amide bonds. The molecule has 3 nitrogen and oxygen atoms in total. The van der Waals surface area contributed by atoms with Crippen LogP contribution in [0.3, 0.4) is 0 Å². The average Bonchev–Trinajstić information content (AvgIpc) is 2.61. The Hall–Kier alpha value is -1.08.